The lowest BCUT2D eigenvalue weighted by atomic mass is 10.1. The molecule has 150 valence electrons. The summed E-state index contributed by atoms with van der Waals surface area (Å²) in [7, 11) is 7.21. The van der Waals surface area contributed by atoms with Gasteiger partial charge in [0.2, 0.25) is 5.91 Å². The Hall–Kier alpha value is -2.73. The van der Waals surface area contributed by atoms with Crippen LogP contribution in [0.1, 0.15) is 11.1 Å². The van der Waals surface area contributed by atoms with Gasteiger partial charge in [-0.15, -0.1) is 0 Å². The number of carbonyl (C=O) groups is 1. The molecule has 1 aliphatic heterocycles. The molecular weight excluding hydrogens is 356 g/mol. The molecule has 3 rings (SSSR count). The number of likely N-dealkylation sites (N-methyl/N-ethyl adjacent to an activating group) is 1. The Morgan fingerprint density at radius 3 is 2.61 bits per heavy atom. The van der Waals surface area contributed by atoms with E-state index in [4.69, 9.17) is 14.2 Å². The number of fused-ring (bicyclic) bond motifs is 1. The van der Waals surface area contributed by atoms with Gasteiger partial charge >= 0.3 is 0 Å². The first-order valence-corrected chi connectivity index (χ1v) is 9.38. The highest BCUT2D eigenvalue weighted by Crippen LogP contribution is 2.29. The molecule has 28 heavy (non-hydrogen) atoms. The van der Waals surface area contributed by atoms with Crippen molar-refractivity contribution in [1.82, 2.24) is 9.80 Å². The Kier molecular flexibility index (Phi) is 6.41. The van der Waals surface area contributed by atoms with E-state index in [9.17, 15) is 4.79 Å². The first kappa shape index (κ1) is 20.0. The summed E-state index contributed by atoms with van der Waals surface area (Å²) in [6.07, 6.45) is 0.227. The monoisotopic (exact) mass is 384 g/mol. The molecule has 0 radical (unpaired) electrons. The fourth-order valence-corrected chi connectivity index (χ4v) is 3.45. The van der Waals surface area contributed by atoms with Crippen LogP contribution in [-0.2, 0) is 17.8 Å². The van der Waals surface area contributed by atoms with E-state index < -0.39 is 0 Å². The molecular formula is C22H28N2O4. The number of nitrogens with zero attached hydrogens (tertiary/aromatic N) is 2. The van der Waals surface area contributed by atoms with E-state index in [1.165, 1.54) is 0 Å². The van der Waals surface area contributed by atoms with Crippen molar-refractivity contribution in [3.8, 4) is 17.2 Å². The van der Waals surface area contributed by atoms with Gasteiger partial charge in [-0.05, 0) is 37.9 Å². The summed E-state index contributed by atoms with van der Waals surface area (Å²) in [5.74, 6) is 2.21. The van der Waals surface area contributed by atoms with E-state index in [0.717, 1.165) is 23.4 Å². The molecule has 1 amide bonds. The van der Waals surface area contributed by atoms with Gasteiger partial charge in [0.05, 0.1) is 27.2 Å². The molecule has 0 saturated heterocycles. The van der Waals surface area contributed by atoms with Gasteiger partial charge in [0, 0.05) is 18.7 Å². The number of carbonyl (C=O) groups excluding carboxylic acids is 1. The minimum atomic E-state index is -0.0759. The van der Waals surface area contributed by atoms with E-state index in [1.807, 2.05) is 61.5 Å². The first-order valence-electron chi connectivity index (χ1n) is 9.38. The molecule has 0 aromatic heterocycles. The summed E-state index contributed by atoms with van der Waals surface area (Å²) in [5.41, 5.74) is 1.93. The number of amides is 1. The highest BCUT2D eigenvalue weighted by atomic mass is 16.5. The van der Waals surface area contributed by atoms with Crippen LogP contribution in [0.15, 0.2) is 42.5 Å². The van der Waals surface area contributed by atoms with E-state index in [0.29, 0.717) is 31.0 Å². The summed E-state index contributed by atoms with van der Waals surface area (Å²) in [4.78, 5) is 17.1. The fourth-order valence-electron chi connectivity index (χ4n) is 3.45. The van der Waals surface area contributed by atoms with Gasteiger partial charge < -0.3 is 24.0 Å². The summed E-state index contributed by atoms with van der Waals surface area (Å²) in [6.45, 7) is 1.85. The van der Waals surface area contributed by atoms with Gasteiger partial charge in [0.25, 0.3) is 0 Å². The van der Waals surface area contributed by atoms with Crippen LogP contribution >= 0.6 is 0 Å². The highest BCUT2D eigenvalue weighted by molar-refractivity contribution is 5.79. The molecule has 0 spiro atoms. The Morgan fingerprint density at radius 1 is 1.14 bits per heavy atom. The lowest BCUT2D eigenvalue weighted by Gasteiger charge is -2.26. The van der Waals surface area contributed by atoms with Crippen molar-refractivity contribution in [2.45, 2.75) is 19.1 Å². The highest BCUT2D eigenvalue weighted by Gasteiger charge is 2.26. The average Bonchev–Trinajstić information content (AvgIpc) is 2.86. The van der Waals surface area contributed by atoms with Crippen LogP contribution in [0.2, 0.25) is 0 Å². The third kappa shape index (κ3) is 4.75. The Bertz CT molecular complexity index is 822. The number of hydrogen-bond donors (Lipinski definition) is 0. The van der Waals surface area contributed by atoms with Crippen molar-refractivity contribution in [2.75, 3.05) is 41.4 Å². The Labute approximate surface area is 166 Å². The van der Waals surface area contributed by atoms with Crippen LogP contribution in [-0.4, -0.2) is 63.2 Å². The van der Waals surface area contributed by atoms with Crippen LogP contribution in [0.5, 0.6) is 17.2 Å². The topological polar surface area (TPSA) is 51.2 Å². The largest absolute Gasteiger partial charge is 0.493 e. The predicted octanol–water partition coefficient (Wildman–Crippen LogP) is 2.60. The van der Waals surface area contributed by atoms with Gasteiger partial charge in [0.1, 0.15) is 11.9 Å². The quantitative estimate of drug-likeness (QED) is 0.766. The molecule has 1 atom stereocenters. The van der Waals surface area contributed by atoms with Crippen molar-refractivity contribution in [1.29, 1.82) is 0 Å². The maximum Gasteiger partial charge on any atom is 0.227 e. The van der Waals surface area contributed by atoms with Gasteiger partial charge in [-0.2, -0.15) is 0 Å². The van der Waals surface area contributed by atoms with Gasteiger partial charge in [-0.1, -0.05) is 24.3 Å². The second kappa shape index (κ2) is 8.97. The first-order chi connectivity index (χ1) is 13.5. The fraction of sp³-hybridized carbons (Fsp3) is 0.409. The third-order valence-corrected chi connectivity index (χ3v) is 4.78. The van der Waals surface area contributed by atoms with Crippen molar-refractivity contribution in [3.63, 3.8) is 0 Å². The maximum absolute atomic E-state index is 13.1. The summed E-state index contributed by atoms with van der Waals surface area (Å²) >= 11 is 0. The van der Waals surface area contributed by atoms with Crippen molar-refractivity contribution in [2.24, 2.45) is 0 Å². The molecule has 0 bridgehead atoms. The number of para-hydroxylation sites is 1. The molecule has 0 N–H and O–H groups in total. The number of benzene rings is 2. The number of methoxy groups -OCH3 is 2. The van der Waals surface area contributed by atoms with E-state index >= 15 is 0 Å². The molecule has 0 saturated carbocycles. The van der Waals surface area contributed by atoms with Crippen molar-refractivity contribution < 1.29 is 19.0 Å². The molecule has 0 unspecified atom stereocenters. The molecule has 1 heterocycles. The average molecular weight is 384 g/mol. The predicted molar refractivity (Wildman–Crippen MR) is 108 cm³/mol. The van der Waals surface area contributed by atoms with Crippen LogP contribution in [0.3, 0.4) is 0 Å². The van der Waals surface area contributed by atoms with Crippen LogP contribution in [0.4, 0.5) is 0 Å². The standard InChI is InChI=1S/C22H28N2O4/c1-23(2)14-18-15-24(13-17-7-5-6-8-19(17)28-18)22(25)12-16-9-10-20(26-3)21(11-16)27-4/h5-11,18H,12-15H2,1-4H3/t18-/m0/s1. The number of ether oxygens (including phenoxy) is 3. The smallest absolute Gasteiger partial charge is 0.227 e. The Balaban J connectivity index is 1.79. The molecule has 0 fully saturated rings. The lowest BCUT2D eigenvalue weighted by molar-refractivity contribution is -0.132. The molecule has 0 aliphatic carbocycles. The molecule has 1 aliphatic rings. The van der Waals surface area contributed by atoms with Gasteiger partial charge in [-0.3, -0.25) is 4.79 Å². The number of hydrogen-bond acceptors (Lipinski definition) is 5. The molecule has 2 aromatic rings. The Morgan fingerprint density at radius 2 is 1.89 bits per heavy atom. The zero-order valence-corrected chi connectivity index (χ0v) is 17.0. The maximum atomic E-state index is 13.1. The van der Waals surface area contributed by atoms with E-state index in [2.05, 4.69) is 4.90 Å². The summed E-state index contributed by atoms with van der Waals surface area (Å²) < 4.78 is 16.8. The number of rotatable bonds is 6. The van der Waals surface area contributed by atoms with Gasteiger partial charge in [0.15, 0.2) is 11.5 Å². The zero-order chi connectivity index (χ0) is 20.1. The molecule has 6 nitrogen and oxygen atoms in total. The van der Waals surface area contributed by atoms with E-state index in [1.54, 1.807) is 14.2 Å². The summed E-state index contributed by atoms with van der Waals surface area (Å²) in [5, 5.41) is 0. The second-order valence-corrected chi connectivity index (χ2v) is 7.25. The second-order valence-electron chi connectivity index (χ2n) is 7.25. The van der Waals surface area contributed by atoms with E-state index in [-0.39, 0.29) is 12.0 Å². The van der Waals surface area contributed by atoms with Crippen molar-refractivity contribution in [3.05, 3.63) is 53.6 Å². The van der Waals surface area contributed by atoms with Crippen LogP contribution < -0.4 is 14.2 Å². The third-order valence-electron chi connectivity index (χ3n) is 4.78. The van der Waals surface area contributed by atoms with Crippen LogP contribution in [0, 0.1) is 0 Å². The normalized spacial score (nSPS) is 16.2. The minimum absolute atomic E-state index is 0.0660. The SMILES string of the molecule is COc1ccc(CC(=O)N2Cc3ccccc3O[C@@H](CN(C)C)C2)cc1OC. The van der Waals surface area contributed by atoms with Gasteiger partial charge in [-0.25, -0.2) is 0 Å². The molecule has 2 aromatic carbocycles. The van der Waals surface area contributed by atoms with Crippen LogP contribution in [0.25, 0.3) is 0 Å². The summed E-state index contributed by atoms with van der Waals surface area (Å²) in [6, 6.07) is 13.5. The lowest BCUT2D eigenvalue weighted by Crippen LogP contribution is -2.42. The minimum Gasteiger partial charge on any atom is -0.493 e. The van der Waals surface area contributed by atoms with Crippen molar-refractivity contribution >= 4 is 5.91 Å². The molecule has 6 heteroatoms. The zero-order valence-electron chi connectivity index (χ0n) is 17.0.